The molecule has 10 heteroatoms. The van der Waals surface area contributed by atoms with Gasteiger partial charge in [-0.15, -0.1) is 0 Å². The van der Waals surface area contributed by atoms with Crippen LogP contribution in [0.3, 0.4) is 0 Å². The van der Waals surface area contributed by atoms with Crippen LogP contribution in [0.5, 0.6) is 11.5 Å². The molecule has 3 aromatic carbocycles. The Morgan fingerprint density at radius 2 is 1.71 bits per heavy atom. The Kier molecular flexibility index (Phi) is 8.98. The molecule has 0 aliphatic rings. The first-order valence-electron chi connectivity index (χ1n) is 10.4. The van der Waals surface area contributed by atoms with Crippen molar-refractivity contribution in [3.63, 3.8) is 0 Å². The van der Waals surface area contributed by atoms with E-state index >= 15 is 0 Å². The summed E-state index contributed by atoms with van der Waals surface area (Å²) in [7, 11) is 1.51. The quantitative estimate of drug-likeness (QED) is 0.220. The maximum atomic E-state index is 12.2. The monoisotopic (exact) mass is 533 g/mol. The number of amides is 2. The zero-order valence-corrected chi connectivity index (χ0v) is 21.4. The number of methoxy groups -OCH3 is 1. The van der Waals surface area contributed by atoms with E-state index in [1.54, 1.807) is 68.4 Å². The number of halogens is 3. The number of carbonyl (C=O) groups excluding carboxylic acids is 2. The minimum atomic E-state index is -0.921. The number of rotatable bonds is 7. The highest BCUT2D eigenvalue weighted by Crippen LogP contribution is 2.30. The van der Waals surface area contributed by atoms with Gasteiger partial charge in [0.15, 0.2) is 11.5 Å². The summed E-state index contributed by atoms with van der Waals surface area (Å²) < 4.78 is 11.3. The number of hydrazone groups is 1. The molecule has 2 N–H and O–H groups in total. The van der Waals surface area contributed by atoms with Gasteiger partial charge in [0.2, 0.25) is 0 Å². The fraction of sp³-hybridized carbons (Fsp3) is 0.160. The predicted molar refractivity (Wildman–Crippen MR) is 139 cm³/mol. The third-order valence-electron chi connectivity index (χ3n) is 5.03. The second-order valence-corrected chi connectivity index (χ2v) is 8.65. The molecule has 3 rings (SSSR count). The van der Waals surface area contributed by atoms with Gasteiger partial charge in [-0.25, -0.2) is 5.43 Å². The molecule has 0 fully saturated rings. The van der Waals surface area contributed by atoms with E-state index in [4.69, 9.17) is 44.3 Å². The number of nitrogens with one attached hydrogen (secondary N) is 2. The number of anilines is 1. The molecule has 0 bridgehead atoms. The summed E-state index contributed by atoms with van der Waals surface area (Å²) in [6.07, 6.45) is 0. The van der Waals surface area contributed by atoms with Crippen molar-refractivity contribution in [1.82, 2.24) is 5.43 Å². The van der Waals surface area contributed by atoms with E-state index in [0.29, 0.717) is 49.1 Å². The fourth-order valence-electron chi connectivity index (χ4n) is 2.98. The Hall–Kier alpha value is -3.26. The van der Waals surface area contributed by atoms with Crippen molar-refractivity contribution in [2.24, 2.45) is 5.10 Å². The van der Waals surface area contributed by atoms with E-state index in [1.165, 1.54) is 7.11 Å². The molecule has 0 aliphatic carbocycles. The predicted octanol–water partition coefficient (Wildman–Crippen LogP) is 6.02. The average molecular weight is 535 g/mol. The highest BCUT2D eigenvalue weighted by molar-refractivity contribution is 6.40. The third kappa shape index (κ3) is 6.88. The molecule has 2 amide bonds. The normalized spacial score (nSPS) is 11.1. The van der Waals surface area contributed by atoms with Gasteiger partial charge in [-0.05, 0) is 61.9 Å². The number of carbonyl (C=O) groups is 2. The highest BCUT2D eigenvalue weighted by atomic mass is 35.5. The number of hydrogen-bond donors (Lipinski definition) is 2. The largest absolute Gasteiger partial charge is 0.493 e. The van der Waals surface area contributed by atoms with Crippen molar-refractivity contribution < 1.29 is 19.1 Å². The van der Waals surface area contributed by atoms with Gasteiger partial charge >= 0.3 is 11.8 Å². The van der Waals surface area contributed by atoms with Crippen LogP contribution in [0.1, 0.15) is 23.6 Å². The lowest BCUT2D eigenvalue weighted by atomic mass is 10.1. The maximum absolute atomic E-state index is 12.2. The second-order valence-electron chi connectivity index (χ2n) is 7.39. The van der Waals surface area contributed by atoms with Gasteiger partial charge in [0.1, 0.15) is 6.61 Å². The van der Waals surface area contributed by atoms with Gasteiger partial charge in [-0.1, -0.05) is 46.9 Å². The molecule has 0 aromatic heterocycles. The minimum Gasteiger partial charge on any atom is -0.493 e. The Balaban J connectivity index is 1.65. The number of benzene rings is 3. The van der Waals surface area contributed by atoms with Crippen LogP contribution < -0.4 is 20.2 Å². The van der Waals surface area contributed by atoms with Crippen LogP contribution >= 0.6 is 34.8 Å². The topological polar surface area (TPSA) is 89.0 Å². The van der Waals surface area contributed by atoms with E-state index in [9.17, 15) is 9.59 Å². The zero-order valence-electron chi connectivity index (χ0n) is 19.1. The molecule has 0 radical (unpaired) electrons. The van der Waals surface area contributed by atoms with Crippen LogP contribution in [0.25, 0.3) is 0 Å². The first kappa shape index (κ1) is 26.3. The lowest BCUT2D eigenvalue weighted by molar-refractivity contribution is -0.136. The van der Waals surface area contributed by atoms with Gasteiger partial charge in [-0.3, -0.25) is 9.59 Å². The van der Waals surface area contributed by atoms with Crippen LogP contribution in [-0.4, -0.2) is 24.6 Å². The van der Waals surface area contributed by atoms with Gasteiger partial charge in [0.25, 0.3) is 0 Å². The molecule has 182 valence electrons. The smallest absolute Gasteiger partial charge is 0.329 e. The number of nitrogens with zero attached hydrogens (tertiary/aromatic N) is 1. The molecule has 0 unspecified atom stereocenters. The molecule has 0 saturated heterocycles. The SMILES string of the molecule is COc1cc(/C(C)=N/NC(=O)C(=O)Nc2cccc(Cl)c2C)ccc1OCc1ccc(Cl)cc1Cl. The molecule has 0 spiro atoms. The van der Waals surface area contributed by atoms with Gasteiger partial charge in [0, 0.05) is 31.9 Å². The van der Waals surface area contributed by atoms with E-state index in [1.807, 2.05) is 0 Å². The van der Waals surface area contributed by atoms with Crippen molar-refractivity contribution in [3.05, 3.63) is 86.4 Å². The van der Waals surface area contributed by atoms with E-state index in [2.05, 4.69) is 15.8 Å². The molecule has 35 heavy (non-hydrogen) atoms. The van der Waals surface area contributed by atoms with Crippen LogP contribution in [0.2, 0.25) is 15.1 Å². The summed E-state index contributed by atoms with van der Waals surface area (Å²) in [4.78, 5) is 24.4. The Morgan fingerprint density at radius 1 is 0.943 bits per heavy atom. The molecule has 7 nitrogen and oxygen atoms in total. The summed E-state index contributed by atoms with van der Waals surface area (Å²) in [5, 5.41) is 8.06. The van der Waals surface area contributed by atoms with E-state index in [-0.39, 0.29) is 6.61 Å². The molecule has 0 aliphatic heterocycles. The highest BCUT2D eigenvalue weighted by Gasteiger charge is 2.16. The van der Waals surface area contributed by atoms with E-state index in [0.717, 1.165) is 5.56 Å². The van der Waals surface area contributed by atoms with Crippen molar-refractivity contribution in [1.29, 1.82) is 0 Å². The van der Waals surface area contributed by atoms with Crippen LogP contribution in [0, 0.1) is 6.92 Å². The molecule has 0 heterocycles. The van der Waals surface area contributed by atoms with Gasteiger partial charge < -0.3 is 14.8 Å². The fourth-order valence-corrected chi connectivity index (χ4v) is 3.62. The van der Waals surface area contributed by atoms with Crippen molar-refractivity contribution >= 4 is 58.0 Å². The second kappa shape index (κ2) is 11.9. The van der Waals surface area contributed by atoms with Crippen LogP contribution in [0.15, 0.2) is 59.7 Å². The number of ether oxygens (including phenoxy) is 2. The molecule has 0 atom stereocenters. The lowest BCUT2D eigenvalue weighted by Crippen LogP contribution is -2.33. The summed E-state index contributed by atoms with van der Waals surface area (Å²) in [6, 6.07) is 15.4. The van der Waals surface area contributed by atoms with Crippen LogP contribution in [-0.2, 0) is 16.2 Å². The zero-order chi connectivity index (χ0) is 25.5. The van der Waals surface area contributed by atoms with Crippen LogP contribution in [0.4, 0.5) is 5.69 Å². The number of hydrogen-bond acceptors (Lipinski definition) is 5. The summed E-state index contributed by atoms with van der Waals surface area (Å²) >= 11 is 18.2. The Bertz CT molecular complexity index is 1290. The summed E-state index contributed by atoms with van der Waals surface area (Å²) in [6.45, 7) is 3.64. The first-order chi connectivity index (χ1) is 16.7. The van der Waals surface area contributed by atoms with E-state index < -0.39 is 11.8 Å². The van der Waals surface area contributed by atoms with Crippen molar-refractivity contribution in [2.45, 2.75) is 20.5 Å². The maximum Gasteiger partial charge on any atom is 0.329 e. The lowest BCUT2D eigenvalue weighted by Gasteiger charge is -2.13. The third-order valence-corrected chi connectivity index (χ3v) is 6.02. The minimum absolute atomic E-state index is 0.218. The van der Waals surface area contributed by atoms with Gasteiger partial charge in [0.05, 0.1) is 12.8 Å². The molecular formula is C25H22Cl3N3O4. The molecule has 0 saturated carbocycles. The Morgan fingerprint density at radius 3 is 2.43 bits per heavy atom. The summed E-state index contributed by atoms with van der Waals surface area (Å²) in [5.74, 6) is -0.831. The van der Waals surface area contributed by atoms with Crippen molar-refractivity contribution in [2.75, 3.05) is 12.4 Å². The molecular weight excluding hydrogens is 513 g/mol. The summed E-state index contributed by atoms with van der Waals surface area (Å²) in [5.41, 5.74) is 5.23. The molecule has 3 aromatic rings. The van der Waals surface area contributed by atoms with Gasteiger partial charge in [-0.2, -0.15) is 5.10 Å². The first-order valence-corrected chi connectivity index (χ1v) is 11.5. The average Bonchev–Trinajstić information content (AvgIpc) is 2.84. The van der Waals surface area contributed by atoms with Crippen molar-refractivity contribution in [3.8, 4) is 11.5 Å². The Labute approximate surface area is 218 Å². The standard InChI is InChI=1S/C25H22Cl3N3O4/c1-14-19(27)5-4-6-21(14)29-24(32)25(33)31-30-15(2)16-8-10-22(23(11-16)34-3)35-13-17-7-9-18(26)12-20(17)28/h4-12H,13H2,1-3H3,(H,29,32)(H,31,33)/b30-15+.